The molecule has 2 atom stereocenters. The molecule has 98 valence electrons. The van der Waals surface area contributed by atoms with Crippen molar-refractivity contribution in [2.45, 2.75) is 45.1 Å². The van der Waals surface area contributed by atoms with Gasteiger partial charge >= 0.3 is 0 Å². The number of Topliss-reactive ketones (excluding diaryl/α,β-unsaturated/α-hetero) is 1. The summed E-state index contributed by atoms with van der Waals surface area (Å²) in [5, 5.41) is 0. The molecule has 0 aromatic heterocycles. The average Bonchev–Trinajstić information content (AvgIpc) is 2.51. The van der Waals surface area contributed by atoms with E-state index in [-0.39, 0.29) is 23.6 Å². The Morgan fingerprint density at radius 3 is 2.67 bits per heavy atom. The van der Waals surface area contributed by atoms with Gasteiger partial charge in [-0.05, 0) is 43.5 Å². The summed E-state index contributed by atoms with van der Waals surface area (Å²) in [5.74, 6) is -0.485. The molecule has 0 radical (unpaired) electrons. The van der Waals surface area contributed by atoms with Crippen molar-refractivity contribution in [2.75, 3.05) is 0 Å². The topological polar surface area (TPSA) is 43.1 Å². The predicted octanol–water partition coefficient (Wildman–Crippen LogP) is 3.22. The highest BCUT2D eigenvalue weighted by Gasteiger charge is 2.28. The molecule has 0 spiro atoms. The third kappa shape index (κ3) is 2.96. The number of carbonyl (C=O) groups excluding carboxylic acids is 1. The Bertz CT molecular complexity index is 424. The summed E-state index contributed by atoms with van der Waals surface area (Å²) in [5.41, 5.74) is 7.32. The summed E-state index contributed by atoms with van der Waals surface area (Å²) in [4.78, 5) is 12.4. The standard InChI is InChI=1S/C15H20FNO/c1-10-7-11(9-12(16)8-10)15(18)13-5-3-2-4-6-14(13)17/h7-9,13-14H,2-6,17H2,1H3. The molecule has 1 aromatic carbocycles. The number of nitrogens with two attached hydrogens (primary N) is 1. The van der Waals surface area contributed by atoms with Gasteiger partial charge in [0.1, 0.15) is 5.82 Å². The molecular formula is C15H20FNO. The first-order valence-electron chi connectivity index (χ1n) is 6.65. The lowest BCUT2D eigenvalue weighted by Crippen LogP contribution is -2.34. The van der Waals surface area contributed by atoms with Crippen LogP contribution < -0.4 is 5.73 Å². The number of hydrogen-bond donors (Lipinski definition) is 1. The Labute approximate surface area is 107 Å². The van der Waals surface area contributed by atoms with E-state index in [1.807, 2.05) is 0 Å². The molecule has 0 bridgehead atoms. The zero-order chi connectivity index (χ0) is 13.1. The van der Waals surface area contributed by atoms with E-state index in [1.54, 1.807) is 13.0 Å². The number of halogens is 1. The summed E-state index contributed by atoms with van der Waals surface area (Å²) < 4.78 is 13.3. The molecule has 0 heterocycles. The highest BCUT2D eigenvalue weighted by atomic mass is 19.1. The van der Waals surface area contributed by atoms with Gasteiger partial charge in [-0.2, -0.15) is 0 Å². The summed E-state index contributed by atoms with van der Waals surface area (Å²) in [6.07, 6.45) is 4.99. The fraction of sp³-hybridized carbons (Fsp3) is 0.533. The molecule has 1 fully saturated rings. The van der Waals surface area contributed by atoms with E-state index >= 15 is 0 Å². The Morgan fingerprint density at radius 2 is 1.94 bits per heavy atom. The largest absolute Gasteiger partial charge is 0.327 e. The summed E-state index contributed by atoms with van der Waals surface area (Å²) in [6, 6.07) is 4.43. The minimum atomic E-state index is -0.347. The Hall–Kier alpha value is -1.22. The van der Waals surface area contributed by atoms with Crippen LogP contribution in [0.1, 0.15) is 48.0 Å². The number of hydrogen-bond acceptors (Lipinski definition) is 2. The first-order valence-corrected chi connectivity index (χ1v) is 6.65. The van der Waals surface area contributed by atoms with Crippen LogP contribution in [0.15, 0.2) is 18.2 Å². The van der Waals surface area contributed by atoms with Gasteiger partial charge < -0.3 is 5.73 Å². The molecule has 2 nitrogen and oxygen atoms in total. The molecule has 2 N–H and O–H groups in total. The first kappa shape index (κ1) is 13.2. The van der Waals surface area contributed by atoms with Crippen molar-refractivity contribution in [1.29, 1.82) is 0 Å². The van der Waals surface area contributed by atoms with E-state index in [4.69, 9.17) is 5.73 Å². The zero-order valence-electron chi connectivity index (χ0n) is 10.8. The second-order valence-corrected chi connectivity index (χ2v) is 5.29. The lowest BCUT2D eigenvalue weighted by atomic mass is 9.87. The summed E-state index contributed by atoms with van der Waals surface area (Å²) in [7, 11) is 0. The normalized spacial score (nSPS) is 24.6. The van der Waals surface area contributed by atoms with Crippen molar-refractivity contribution < 1.29 is 9.18 Å². The van der Waals surface area contributed by atoms with Crippen LogP contribution >= 0.6 is 0 Å². The molecule has 18 heavy (non-hydrogen) atoms. The van der Waals surface area contributed by atoms with E-state index < -0.39 is 0 Å². The quantitative estimate of drug-likeness (QED) is 0.646. The van der Waals surface area contributed by atoms with Crippen molar-refractivity contribution in [3.05, 3.63) is 35.1 Å². The van der Waals surface area contributed by atoms with Crippen molar-refractivity contribution in [3.8, 4) is 0 Å². The Morgan fingerprint density at radius 1 is 1.22 bits per heavy atom. The number of ketones is 1. The van der Waals surface area contributed by atoms with E-state index in [2.05, 4.69) is 0 Å². The SMILES string of the molecule is Cc1cc(F)cc(C(=O)C2CCCCCC2N)c1. The van der Waals surface area contributed by atoms with Gasteiger partial charge in [0, 0.05) is 17.5 Å². The molecular weight excluding hydrogens is 229 g/mol. The molecule has 2 unspecified atom stereocenters. The number of aryl methyl sites for hydroxylation is 1. The van der Waals surface area contributed by atoms with E-state index in [9.17, 15) is 9.18 Å². The van der Waals surface area contributed by atoms with Crippen LogP contribution in [0, 0.1) is 18.7 Å². The van der Waals surface area contributed by atoms with Crippen molar-refractivity contribution in [1.82, 2.24) is 0 Å². The van der Waals surface area contributed by atoms with Gasteiger partial charge in [-0.3, -0.25) is 4.79 Å². The van der Waals surface area contributed by atoms with Crippen LogP contribution in [-0.2, 0) is 0 Å². The predicted molar refractivity (Wildman–Crippen MR) is 70.0 cm³/mol. The Kier molecular flexibility index (Phi) is 4.12. The number of benzene rings is 1. The highest BCUT2D eigenvalue weighted by molar-refractivity contribution is 5.98. The molecule has 0 saturated heterocycles. The highest BCUT2D eigenvalue weighted by Crippen LogP contribution is 2.26. The average molecular weight is 249 g/mol. The minimum absolute atomic E-state index is 0.00648. The van der Waals surface area contributed by atoms with Gasteiger partial charge in [-0.25, -0.2) is 4.39 Å². The lowest BCUT2D eigenvalue weighted by molar-refractivity contribution is 0.0894. The molecule has 3 heteroatoms. The number of rotatable bonds is 2. The van der Waals surface area contributed by atoms with Crippen LogP contribution in [0.3, 0.4) is 0 Å². The second-order valence-electron chi connectivity index (χ2n) is 5.29. The second kappa shape index (κ2) is 5.61. The smallest absolute Gasteiger partial charge is 0.167 e. The molecule has 1 aliphatic carbocycles. The van der Waals surface area contributed by atoms with Gasteiger partial charge in [0.05, 0.1) is 0 Å². The third-order valence-corrected chi connectivity index (χ3v) is 3.73. The van der Waals surface area contributed by atoms with Crippen LogP contribution in [0.4, 0.5) is 4.39 Å². The van der Waals surface area contributed by atoms with Crippen molar-refractivity contribution in [3.63, 3.8) is 0 Å². The number of carbonyl (C=O) groups is 1. The van der Waals surface area contributed by atoms with E-state index in [0.29, 0.717) is 5.56 Å². The van der Waals surface area contributed by atoms with Gasteiger partial charge in [0.2, 0.25) is 0 Å². The van der Waals surface area contributed by atoms with Gasteiger partial charge in [0.15, 0.2) is 5.78 Å². The summed E-state index contributed by atoms with van der Waals surface area (Å²) >= 11 is 0. The molecule has 2 rings (SSSR count). The lowest BCUT2D eigenvalue weighted by Gasteiger charge is -2.20. The fourth-order valence-electron chi connectivity index (χ4n) is 2.75. The minimum Gasteiger partial charge on any atom is -0.327 e. The summed E-state index contributed by atoms with van der Waals surface area (Å²) in [6.45, 7) is 1.80. The molecule has 1 aliphatic rings. The molecule has 1 aromatic rings. The fourth-order valence-corrected chi connectivity index (χ4v) is 2.75. The van der Waals surface area contributed by atoms with E-state index in [0.717, 1.165) is 37.7 Å². The maximum absolute atomic E-state index is 13.3. The first-order chi connectivity index (χ1) is 8.58. The van der Waals surface area contributed by atoms with Gasteiger partial charge in [0.25, 0.3) is 0 Å². The van der Waals surface area contributed by atoms with Crippen LogP contribution in [-0.4, -0.2) is 11.8 Å². The van der Waals surface area contributed by atoms with Gasteiger partial charge in [-0.1, -0.05) is 19.3 Å². The van der Waals surface area contributed by atoms with E-state index in [1.165, 1.54) is 12.1 Å². The Balaban J connectivity index is 2.23. The molecule has 1 saturated carbocycles. The van der Waals surface area contributed by atoms with Crippen LogP contribution in [0.5, 0.6) is 0 Å². The maximum atomic E-state index is 13.3. The zero-order valence-corrected chi connectivity index (χ0v) is 10.8. The third-order valence-electron chi connectivity index (χ3n) is 3.73. The maximum Gasteiger partial charge on any atom is 0.167 e. The van der Waals surface area contributed by atoms with Crippen molar-refractivity contribution >= 4 is 5.78 Å². The van der Waals surface area contributed by atoms with Crippen LogP contribution in [0.2, 0.25) is 0 Å². The van der Waals surface area contributed by atoms with Gasteiger partial charge in [-0.15, -0.1) is 0 Å². The van der Waals surface area contributed by atoms with Crippen LogP contribution in [0.25, 0.3) is 0 Å². The molecule has 0 aliphatic heterocycles. The monoisotopic (exact) mass is 249 g/mol. The molecule has 0 amide bonds. The van der Waals surface area contributed by atoms with Crippen molar-refractivity contribution in [2.24, 2.45) is 11.7 Å².